The van der Waals surface area contributed by atoms with E-state index in [1.54, 1.807) is 27.3 Å². The van der Waals surface area contributed by atoms with Crippen molar-refractivity contribution in [1.82, 2.24) is 15.5 Å². The van der Waals surface area contributed by atoms with Crippen LogP contribution in [0.5, 0.6) is 11.5 Å². The predicted octanol–water partition coefficient (Wildman–Crippen LogP) is 2.17. The maximum Gasteiger partial charge on any atom is 0.241 e. The van der Waals surface area contributed by atoms with Gasteiger partial charge >= 0.3 is 0 Å². The summed E-state index contributed by atoms with van der Waals surface area (Å²) in [6.07, 6.45) is 0. The number of halogens is 1. The minimum atomic E-state index is -0.391. The van der Waals surface area contributed by atoms with Crippen molar-refractivity contribution in [3.63, 3.8) is 0 Å². The Hall–Kier alpha value is -3.29. The van der Waals surface area contributed by atoms with E-state index in [4.69, 9.17) is 9.47 Å². The Bertz CT molecular complexity index is 838. The van der Waals surface area contributed by atoms with E-state index >= 15 is 0 Å². The molecular weight excluding hydrogens is 375 g/mol. The van der Waals surface area contributed by atoms with Gasteiger partial charge in [0.25, 0.3) is 0 Å². The number of benzene rings is 2. The van der Waals surface area contributed by atoms with Gasteiger partial charge in [0.2, 0.25) is 5.91 Å². The molecule has 2 aromatic carbocycles. The summed E-state index contributed by atoms with van der Waals surface area (Å²) in [4.78, 5) is 17.9. The Morgan fingerprint density at radius 1 is 1.00 bits per heavy atom. The maximum absolute atomic E-state index is 13.7. The second-order valence-electron chi connectivity index (χ2n) is 6.51. The van der Waals surface area contributed by atoms with Gasteiger partial charge in [-0.05, 0) is 35.4 Å². The highest BCUT2D eigenvalue weighted by Gasteiger charge is 2.07. The SMILES string of the molecule is COc1ccc(CNC(=NCc2cc(F)cc(OC)c2)NCC(=O)N(C)C)cc1. The molecule has 2 rings (SSSR count). The Morgan fingerprint density at radius 3 is 2.31 bits per heavy atom. The first-order valence-corrected chi connectivity index (χ1v) is 9.10. The van der Waals surface area contributed by atoms with E-state index in [2.05, 4.69) is 15.6 Å². The molecular formula is C21H27FN4O3. The quantitative estimate of drug-likeness (QED) is 0.523. The van der Waals surface area contributed by atoms with Gasteiger partial charge in [0.05, 0.1) is 27.3 Å². The van der Waals surface area contributed by atoms with Crippen molar-refractivity contribution in [3.8, 4) is 11.5 Å². The molecule has 0 aromatic heterocycles. The number of ether oxygens (including phenoxy) is 2. The number of nitrogens with one attached hydrogen (secondary N) is 2. The van der Waals surface area contributed by atoms with Gasteiger partial charge in [-0.1, -0.05) is 12.1 Å². The molecule has 2 N–H and O–H groups in total. The zero-order valence-corrected chi connectivity index (χ0v) is 17.2. The molecule has 0 saturated carbocycles. The third-order valence-electron chi connectivity index (χ3n) is 4.11. The molecule has 0 radical (unpaired) electrons. The van der Waals surface area contributed by atoms with Gasteiger partial charge in [0.1, 0.15) is 17.3 Å². The van der Waals surface area contributed by atoms with Crippen molar-refractivity contribution in [2.75, 3.05) is 34.9 Å². The van der Waals surface area contributed by atoms with Crippen LogP contribution in [0.25, 0.3) is 0 Å². The van der Waals surface area contributed by atoms with Gasteiger partial charge in [0, 0.05) is 26.7 Å². The first kappa shape index (κ1) is 22.0. The summed E-state index contributed by atoms with van der Waals surface area (Å²) in [6.45, 7) is 0.814. The lowest BCUT2D eigenvalue weighted by atomic mass is 10.2. The molecule has 0 bridgehead atoms. The lowest BCUT2D eigenvalue weighted by Crippen LogP contribution is -2.42. The van der Waals surface area contributed by atoms with E-state index in [9.17, 15) is 9.18 Å². The first-order valence-electron chi connectivity index (χ1n) is 9.10. The number of likely N-dealkylation sites (N-methyl/N-ethyl adjacent to an activating group) is 1. The van der Waals surface area contributed by atoms with Crippen LogP contribution in [0.2, 0.25) is 0 Å². The summed E-state index contributed by atoms with van der Waals surface area (Å²) in [5, 5.41) is 6.19. The molecule has 0 aliphatic rings. The number of hydrogen-bond donors (Lipinski definition) is 2. The highest BCUT2D eigenvalue weighted by Crippen LogP contribution is 2.16. The van der Waals surface area contributed by atoms with E-state index in [1.165, 1.54) is 24.1 Å². The number of methoxy groups -OCH3 is 2. The summed E-state index contributed by atoms with van der Waals surface area (Å²) in [6, 6.07) is 12.0. The van der Waals surface area contributed by atoms with Crippen LogP contribution in [-0.4, -0.2) is 51.6 Å². The van der Waals surface area contributed by atoms with Crippen LogP contribution < -0.4 is 20.1 Å². The average Bonchev–Trinajstić information content (AvgIpc) is 2.72. The number of carbonyl (C=O) groups excluding carboxylic acids is 1. The van der Waals surface area contributed by atoms with Crippen molar-refractivity contribution in [2.45, 2.75) is 13.1 Å². The molecule has 0 saturated heterocycles. The molecule has 8 heteroatoms. The highest BCUT2D eigenvalue weighted by molar-refractivity contribution is 5.86. The molecule has 29 heavy (non-hydrogen) atoms. The third-order valence-corrected chi connectivity index (χ3v) is 4.11. The molecule has 156 valence electrons. The first-order chi connectivity index (χ1) is 13.9. The third kappa shape index (κ3) is 7.33. The molecule has 0 unspecified atom stereocenters. The second kappa shape index (κ2) is 10.9. The van der Waals surface area contributed by atoms with Crippen molar-refractivity contribution in [3.05, 3.63) is 59.4 Å². The van der Waals surface area contributed by atoms with Crippen LogP contribution in [0.4, 0.5) is 4.39 Å². The van der Waals surface area contributed by atoms with Gasteiger partial charge < -0.3 is 25.0 Å². The molecule has 0 aliphatic heterocycles. The molecule has 0 atom stereocenters. The van der Waals surface area contributed by atoms with Crippen molar-refractivity contribution < 1.29 is 18.7 Å². The summed E-state index contributed by atoms with van der Waals surface area (Å²) < 4.78 is 23.9. The second-order valence-corrected chi connectivity index (χ2v) is 6.51. The number of guanidine groups is 1. The smallest absolute Gasteiger partial charge is 0.241 e. The molecule has 0 heterocycles. The molecule has 1 amide bonds. The van der Waals surface area contributed by atoms with E-state index in [0.29, 0.717) is 23.8 Å². The van der Waals surface area contributed by atoms with Gasteiger partial charge in [-0.3, -0.25) is 4.79 Å². The number of aliphatic imine (C=N–C) groups is 1. The van der Waals surface area contributed by atoms with Crippen LogP contribution in [0.3, 0.4) is 0 Å². The number of rotatable bonds is 8. The maximum atomic E-state index is 13.7. The van der Waals surface area contributed by atoms with Crippen LogP contribution in [0, 0.1) is 5.82 Å². The monoisotopic (exact) mass is 402 g/mol. The molecule has 0 aliphatic carbocycles. The average molecular weight is 402 g/mol. The fourth-order valence-electron chi connectivity index (χ4n) is 2.42. The Labute approximate surface area is 170 Å². The van der Waals surface area contributed by atoms with Gasteiger partial charge in [-0.2, -0.15) is 0 Å². The summed E-state index contributed by atoms with van der Waals surface area (Å²) in [5.41, 5.74) is 1.68. The largest absolute Gasteiger partial charge is 0.497 e. The molecule has 2 aromatic rings. The predicted molar refractivity (Wildman–Crippen MR) is 111 cm³/mol. The number of nitrogens with zero attached hydrogens (tertiary/aromatic N) is 2. The topological polar surface area (TPSA) is 75.2 Å². The number of hydrogen-bond acceptors (Lipinski definition) is 4. The number of carbonyl (C=O) groups is 1. The summed E-state index contributed by atoms with van der Waals surface area (Å²) in [5.74, 6) is 1.17. The number of amides is 1. The molecule has 7 nitrogen and oxygen atoms in total. The minimum Gasteiger partial charge on any atom is -0.497 e. The van der Waals surface area contributed by atoms with Crippen LogP contribution in [0.1, 0.15) is 11.1 Å². The van der Waals surface area contributed by atoms with Crippen LogP contribution in [-0.2, 0) is 17.9 Å². The minimum absolute atomic E-state index is 0.0867. The van der Waals surface area contributed by atoms with E-state index in [0.717, 1.165) is 11.3 Å². The van der Waals surface area contributed by atoms with Crippen molar-refractivity contribution in [2.24, 2.45) is 4.99 Å². The van der Waals surface area contributed by atoms with Gasteiger partial charge in [-0.15, -0.1) is 0 Å². The Balaban J connectivity index is 2.09. The fraction of sp³-hybridized carbons (Fsp3) is 0.333. The van der Waals surface area contributed by atoms with Crippen molar-refractivity contribution >= 4 is 11.9 Å². The highest BCUT2D eigenvalue weighted by atomic mass is 19.1. The Morgan fingerprint density at radius 2 is 1.69 bits per heavy atom. The van der Waals surface area contributed by atoms with Crippen LogP contribution in [0.15, 0.2) is 47.5 Å². The molecule has 0 spiro atoms. The van der Waals surface area contributed by atoms with E-state index in [-0.39, 0.29) is 19.0 Å². The lowest BCUT2D eigenvalue weighted by molar-refractivity contribution is -0.127. The van der Waals surface area contributed by atoms with Gasteiger partial charge in [-0.25, -0.2) is 9.38 Å². The zero-order chi connectivity index (χ0) is 21.2. The normalized spacial score (nSPS) is 11.0. The van der Waals surface area contributed by atoms with Crippen molar-refractivity contribution in [1.29, 1.82) is 0 Å². The van der Waals surface area contributed by atoms with E-state index < -0.39 is 5.82 Å². The summed E-state index contributed by atoms with van der Waals surface area (Å²) in [7, 11) is 6.47. The zero-order valence-electron chi connectivity index (χ0n) is 17.2. The Kier molecular flexibility index (Phi) is 8.27. The lowest BCUT2D eigenvalue weighted by Gasteiger charge is -2.15. The fourth-order valence-corrected chi connectivity index (χ4v) is 2.42. The van der Waals surface area contributed by atoms with Gasteiger partial charge in [0.15, 0.2) is 5.96 Å². The standard InChI is InChI=1S/C21H27FN4O3/c1-26(2)20(27)14-25-21(23-12-15-5-7-18(28-3)8-6-15)24-13-16-9-17(22)11-19(10-16)29-4/h5-11H,12-14H2,1-4H3,(H2,23,24,25). The summed E-state index contributed by atoms with van der Waals surface area (Å²) >= 11 is 0. The van der Waals surface area contributed by atoms with E-state index in [1.807, 2.05) is 24.3 Å². The van der Waals surface area contributed by atoms with Crippen LogP contribution >= 0.6 is 0 Å². The molecule has 0 fully saturated rings.